The lowest BCUT2D eigenvalue weighted by Gasteiger charge is -2.23. The summed E-state index contributed by atoms with van der Waals surface area (Å²) in [4.78, 5) is 17.2. The normalized spacial score (nSPS) is 16.2. The summed E-state index contributed by atoms with van der Waals surface area (Å²) in [6, 6.07) is 5.43. The Hall–Kier alpha value is -2.74. The second-order valence-corrected chi connectivity index (χ2v) is 8.16. The fraction of sp³-hybridized carbons (Fsp3) is 0.368. The van der Waals surface area contributed by atoms with Crippen molar-refractivity contribution >= 4 is 22.7 Å². The first-order chi connectivity index (χ1) is 12.9. The van der Waals surface area contributed by atoms with Crippen molar-refractivity contribution in [2.75, 3.05) is 5.32 Å². The van der Waals surface area contributed by atoms with E-state index in [2.05, 4.69) is 15.5 Å². The van der Waals surface area contributed by atoms with E-state index in [-0.39, 0.29) is 16.7 Å². The molecule has 0 spiro atoms. The highest BCUT2D eigenvalue weighted by molar-refractivity contribution is 7.11. The first kappa shape index (κ1) is 17.7. The van der Waals surface area contributed by atoms with Gasteiger partial charge in [-0.1, -0.05) is 11.2 Å². The number of hydrogen-bond donors (Lipinski definition) is 1. The minimum absolute atomic E-state index is 0.0683. The highest BCUT2D eigenvalue weighted by Gasteiger charge is 2.25. The van der Waals surface area contributed by atoms with Gasteiger partial charge in [-0.05, 0) is 45.2 Å². The molecule has 8 heteroatoms. The van der Waals surface area contributed by atoms with Crippen LogP contribution in [0.1, 0.15) is 33.5 Å². The number of nitrogens with one attached hydrogen (secondary N) is 1. The van der Waals surface area contributed by atoms with Crippen LogP contribution >= 0.6 is 11.3 Å². The molecule has 0 radical (unpaired) electrons. The van der Waals surface area contributed by atoms with Crippen molar-refractivity contribution in [3.63, 3.8) is 0 Å². The van der Waals surface area contributed by atoms with Crippen LogP contribution in [0.4, 0.5) is 11.4 Å². The van der Waals surface area contributed by atoms with Crippen LogP contribution in [0.5, 0.6) is 0 Å². The van der Waals surface area contributed by atoms with Crippen molar-refractivity contribution in [3.8, 4) is 11.1 Å². The maximum absolute atomic E-state index is 11.7. The summed E-state index contributed by atoms with van der Waals surface area (Å²) < 4.78 is 5.20. The Morgan fingerprint density at radius 3 is 2.85 bits per heavy atom. The van der Waals surface area contributed by atoms with Crippen LogP contribution < -0.4 is 5.32 Å². The van der Waals surface area contributed by atoms with E-state index in [1.807, 2.05) is 26.8 Å². The maximum Gasteiger partial charge on any atom is 0.292 e. The number of anilines is 1. The van der Waals surface area contributed by atoms with Crippen molar-refractivity contribution in [1.29, 1.82) is 0 Å². The molecule has 1 aromatic carbocycles. The zero-order chi connectivity index (χ0) is 19.1. The SMILES string of the molecule is Cc1nc2c(s1)CC(Nc1ccc(-c3c(C)noc3C)cc1[N+](=O)[O-])CC2. The molecule has 1 unspecified atom stereocenters. The van der Waals surface area contributed by atoms with Crippen LogP contribution in [0.3, 0.4) is 0 Å². The molecule has 2 aromatic heterocycles. The van der Waals surface area contributed by atoms with Crippen LogP contribution in [0.25, 0.3) is 11.1 Å². The van der Waals surface area contributed by atoms with Crippen LogP contribution in [0.15, 0.2) is 22.7 Å². The molecule has 1 aliphatic carbocycles. The molecule has 27 heavy (non-hydrogen) atoms. The average Bonchev–Trinajstić information content (AvgIpc) is 3.16. The maximum atomic E-state index is 11.7. The molecule has 2 heterocycles. The molecule has 4 rings (SSSR count). The monoisotopic (exact) mass is 384 g/mol. The summed E-state index contributed by atoms with van der Waals surface area (Å²) in [5.41, 5.74) is 4.07. The zero-order valence-corrected chi connectivity index (χ0v) is 16.2. The van der Waals surface area contributed by atoms with E-state index in [0.717, 1.165) is 41.1 Å². The van der Waals surface area contributed by atoms with Gasteiger partial charge >= 0.3 is 0 Å². The molecule has 0 fully saturated rings. The Bertz CT molecular complexity index is 1000. The van der Waals surface area contributed by atoms with E-state index in [1.54, 1.807) is 23.5 Å². The van der Waals surface area contributed by atoms with Gasteiger partial charge < -0.3 is 9.84 Å². The number of thiazole rings is 1. The molecule has 3 aromatic rings. The number of nitrogens with zero attached hydrogens (tertiary/aromatic N) is 3. The minimum atomic E-state index is -0.338. The molecule has 140 valence electrons. The number of aromatic nitrogens is 2. The summed E-state index contributed by atoms with van der Waals surface area (Å²) in [5.74, 6) is 0.655. The highest BCUT2D eigenvalue weighted by atomic mass is 32.1. The predicted octanol–water partition coefficient (Wildman–Crippen LogP) is 4.60. The fourth-order valence-electron chi connectivity index (χ4n) is 3.70. The average molecular weight is 384 g/mol. The van der Waals surface area contributed by atoms with Gasteiger partial charge in [0.2, 0.25) is 0 Å². The van der Waals surface area contributed by atoms with E-state index in [9.17, 15) is 10.1 Å². The largest absolute Gasteiger partial charge is 0.376 e. The summed E-state index contributed by atoms with van der Waals surface area (Å²) in [6.45, 7) is 5.66. The Morgan fingerprint density at radius 2 is 2.15 bits per heavy atom. The molecule has 0 saturated carbocycles. The first-order valence-corrected chi connectivity index (χ1v) is 9.67. The van der Waals surface area contributed by atoms with Gasteiger partial charge in [0, 0.05) is 29.0 Å². The van der Waals surface area contributed by atoms with E-state index >= 15 is 0 Å². The zero-order valence-electron chi connectivity index (χ0n) is 15.4. The standard InChI is InChI=1S/C19H20N4O3S/c1-10-19(11(2)26-22-10)13-4-6-15(17(8-13)23(24)25)21-14-5-7-16-18(9-14)27-12(3)20-16/h4,6,8,14,21H,5,7,9H2,1-3H3. The molecule has 0 aliphatic heterocycles. The third-order valence-electron chi connectivity index (χ3n) is 4.92. The molecule has 1 N–H and O–H groups in total. The van der Waals surface area contributed by atoms with Gasteiger partial charge in [0.1, 0.15) is 11.4 Å². The highest BCUT2D eigenvalue weighted by Crippen LogP contribution is 2.35. The van der Waals surface area contributed by atoms with Crippen LogP contribution in [-0.2, 0) is 12.8 Å². The number of nitro benzene ring substituents is 1. The van der Waals surface area contributed by atoms with Gasteiger partial charge in [-0.15, -0.1) is 11.3 Å². The number of hydrogen-bond acceptors (Lipinski definition) is 7. The van der Waals surface area contributed by atoms with Gasteiger partial charge in [-0.25, -0.2) is 4.98 Å². The molecule has 1 aliphatic rings. The van der Waals surface area contributed by atoms with Crippen molar-refractivity contribution in [1.82, 2.24) is 10.1 Å². The van der Waals surface area contributed by atoms with Crippen molar-refractivity contribution in [2.45, 2.75) is 46.1 Å². The molecule has 1 atom stereocenters. The minimum Gasteiger partial charge on any atom is -0.376 e. The van der Waals surface area contributed by atoms with Gasteiger partial charge in [0.15, 0.2) is 0 Å². The van der Waals surface area contributed by atoms with Crippen LogP contribution in [0.2, 0.25) is 0 Å². The third-order valence-corrected chi connectivity index (χ3v) is 5.96. The molecular formula is C19H20N4O3S. The van der Waals surface area contributed by atoms with Crippen LogP contribution in [0, 0.1) is 30.9 Å². The van der Waals surface area contributed by atoms with E-state index in [1.165, 1.54) is 10.6 Å². The summed E-state index contributed by atoms with van der Waals surface area (Å²) >= 11 is 1.72. The molecule has 7 nitrogen and oxygen atoms in total. The van der Waals surface area contributed by atoms with E-state index < -0.39 is 0 Å². The number of aryl methyl sites for hydroxylation is 4. The fourth-order valence-corrected chi connectivity index (χ4v) is 4.76. The molecule has 0 saturated heterocycles. The Kier molecular flexibility index (Phi) is 4.43. The van der Waals surface area contributed by atoms with Crippen molar-refractivity contribution < 1.29 is 9.45 Å². The summed E-state index contributed by atoms with van der Waals surface area (Å²) in [6.07, 6.45) is 2.67. The summed E-state index contributed by atoms with van der Waals surface area (Å²) in [7, 11) is 0. The lowest BCUT2D eigenvalue weighted by atomic mass is 9.97. The van der Waals surface area contributed by atoms with Gasteiger partial charge in [-0.2, -0.15) is 0 Å². The van der Waals surface area contributed by atoms with Crippen LogP contribution in [-0.4, -0.2) is 21.1 Å². The number of rotatable bonds is 4. The van der Waals surface area contributed by atoms with Gasteiger partial charge in [0.25, 0.3) is 5.69 Å². The predicted molar refractivity (Wildman–Crippen MR) is 104 cm³/mol. The second kappa shape index (κ2) is 6.77. The molecule has 0 bridgehead atoms. The van der Waals surface area contributed by atoms with Gasteiger partial charge in [0.05, 0.1) is 21.3 Å². The lowest BCUT2D eigenvalue weighted by Crippen LogP contribution is -2.27. The van der Waals surface area contributed by atoms with E-state index in [0.29, 0.717) is 11.4 Å². The molecule has 0 amide bonds. The van der Waals surface area contributed by atoms with Crippen molar-refractivity contribution in [3.05, 3.63) is 55.3 Å². The van der Waals surface area contributed by atoms with E-state index in [4.69, 9.17) is 4.52 Å². The van der Waals surface area contributed by atoms with Crippen molar-refractivity contribution in [2.24, 2.45) is 0 Å². The summed E-state index contributed by atoms with van der Waals surface area (Å²) in [5, 5.41) is 20.1. The quantitative estimate of drug-likeness (QED) is 0.522. The number of fused-ring (bicyclic) bond motifs is 1. The third kappa shape index (κ3) is 3.32. The first-order valence-electron chi connectivity index (χ1n) is 8.85. The smallest absolute Gasteiger partial charge is 0.292 e. The van der Waals surface area contributed by atoms with Gasteiger partial charge in [-0.3, -0.25) is 10.1 Å². The Labute approximate surface area is 160 Å². The Morgan fingerprint density at radius 1 is 1.33 bits per heavy atom. The lowest BCUT2D eigenvalue weighted by molar-refractivity contribution is -0.383. The topological polar surface area (TPSA) is 94.1 Å². The number of nitro groups is 1. The Balaban J connectivity index is 1.62. The molecular weight excluding hydrogens is 364 g/mol. The number of benzene rings is 1. The second-order valence-electron chi connectivity index (χ2n) is 6.88.